The Labute approximate surface area is 268 Å². The number of fused-ring (bicyclic) bond motifs is 1. The number of carbonyl (C=O) groups excluding carboxylic acids is 1. The van der Waals surface area contributed by atoms with Crippen LogP contribution in [0.25, 0.3) is 10.6 Å². The van der Waals surface area contributed by atoms with Crippen molar-refractivity contribution >= 4 is 33.9 Å². The number of halogens is 2. The van der Waals surface area contributed by atoms with E-state index in [1.165, 1.54) is 52.6 Å². The fourth-order valence-electron chi connectivity index (χ4n) is 4.98. The number of aromatic nitrogens is 3. The summed E-state index contributed by atoms with van der Waals surface area (Å²) in [6, 6.07) is 9.97. The molecule has 0 saturated carbocycles. The lowest BCUT2D eigenvalue weighted by Crippen LogP contribution is -2.54. The molecular formula is C31H35F2N7O5S. The second kappa shape index (κ2) is 13.1. The molecule has 1 amide bonds. The van der Waals surface area contributed by atoms with Gasteiger partial charge in [-0.3, -0.25) is 15.2 Å². The number of amides is 1. The number of pyridine rings is 1. The summed E-state index contributed by atoms with van der Waals surface area (Å²) >= 11 is 1.21. The van der Waals surface area contributed by atoms with Gasteiger partial charge in [0.15, 0.2) is 12.0 Å². The van der Waals surface area contributed by atoms with Crippen LogP contribution in [0.3, 0.4) is 0 Å². The quantitative estimate of drug-likeness (QED) is 0.234. The third kappa shape index (κ3) is 6.87. The molecule has 0 bridgehead atoms. The lowest BCUT2D eigenvalue weighted by molar-refractivity contribution is 0.0634. The average molecular weight is 656 g/mol. The molecule has 0 radical (unpaired) electrons. The van der Waals surface area contributed by atoms with Crippen LogP contribution < -0.4 is 19.9 Å². The van der Waals surface area contributed by atoms with E-state index in [0.29, 0.717) is 38.9 Å². The Morgan fingerprint density at radius 3 is 2.35 bits per heavy atom. The molecule has 2 unspecified atom stereocenters. The molecule has 0 saturated heterocycles. The van der Waals surface area contributed by atoms with Crippen molar-refractivity contribution in [2.24, 2.45) is 0 Å². The molecule has 4 aromatic rings. The van der Waals surface area contributed by atoms with E-state index in [9.17, 15) is 23.8 Å². The number of benzene rings is 1. The van der Waals surface area contributed by atoms with E-state index in [0.717, 1.165) is 12.1 Å². The molecule has 3 aromatic heterocycles. The number of ether oxygens (including phenoxy) is 2. The van der Waals surface area contributed by atoms with Crippen LogP contribution in [-0.2, 0) is 17.8 Å². The molecular weight excluding hydrogens is 620 g/mol. The van der Waals surface area contributed by atoms with Gasteiger partial charge in [0.2, 0.25) is 12.2 Å². The molecule has 4 heterocycles. The van der Waals surface area contributed by atoms with Crippen LogP contribution in [0.1, 0.15) is 43.7 Å². The Morgan fingerprint density at radius 2 is 1.78 bits per heavy atom. The van der Waals surface area contributed by atoms with Gasteiger partial charge in [-0.25, -0.2) is 13.6 Å². The summed E-state index contributed by atoms with van der Waals surface area (Å²) in [6.45, 7) is 5.26. The monoisotopic (exact) mass is 655 g/mol. The van der Waals surface area contributed by atoms with E-state index >= 15 is 0 Å². The summed E-state index contributed by atoms with van der Waals surface area (Å²) in [6.07, 6.45) is -2.18. The van der Waals surface area contributed by atoms with Gasteiger partial charge in [-0.2, -0.15) is 0 Å². The van der Waals surface area contributed by atoms with Crippen LogP contribution in [0.15, 0.2) is 48.7 Å². The van der Waals surface area contributed by atoms with Gasteiger partial charge in [-0.05, 0) is 70.8 Å². The third-order valence-electron chi connectivity index (χ3n) is 6.94. The van der Waals surface area contributed by atoms with Gasteiger partial charge in [0, 0.05) is 23.7 Å². The SMILES string of the molecule is COc1ccc(N2C(O)c3c(sc(-c4ccc(NC(=O)OC(C)(C)C)cn4)c3CN(C)C)N(Cc3c(F)cccc3F)C2O)nn1. The first-order valence-electron chi connectivity index (χ1n) is 14.3. The number of hydrogen-bond donors (Lipinski definition) is 3. The van der Waals surface area contributed by atoms with Crippen LogP contribution in [-0.4, -0.2) is 69.5 Å². The lowest BCUT2D eigenvalue weighted by atomic mass is 10.0. The zero-order chi connectivity index (χ0) is 33.3. The summed E-state index contributed by atoms with van der Waals surface area (Å²) in [5.41, 5.74) is 1.07. The number of aliphatic hydroxyl groups excluding tert-OH is 2. The van der Waals surface area contributed by atoms with Gasteiger partial charge in [-0.1, -0.05) is 6.07 Å². The van der Waals surface area contributed by atoms with Gasteiger partial charge in [-0.15, -0.1) is 21.5 Å². The first-order chi connectivity index (χ1) is 21.8. The van der Waals surface area contributed by atoms with Crippen LogP contribution in [0.5, 0.6) is 5.88 Å². The number of aliphatic hydroxyl groups is 2. The van der Waals surface area contributed by atoms with Crippen LogP contribution >= 0.6 is 11.3 Å². The molecule has 1 aromatic carbocycles. The van der Waals surface area contributed by atoms with E-state index in [1.54, 1.807) is 32.9 Å². The highest BCUT2D eigenvalue weighted by Gasteiger charge is 2.43. The minimum absolute atomic E-state index is 0.102. The van der Waals surface area contributed by atoms with E-state index in [2.05, 4.69) is 20.5 Å². The number of nitrogens with one attached hydrogen (secondary N) is 1. The summed E-state index contributed by atoms with van der Waals surface area (Å²) in [5, 5.41) is 34.7. The Bertz CT molecular complexity index is 1680. The van der Waals surface area contributed by atoms with Crippen molar-refractivity contribution in [2.75, 3.05) is 36.3 Å². The normalized spacial score (nSPS) is 16.4. The molecule has 46 heavy (non-hydrogen) atoms. The van der Waals surface area contributed by atoms with Crippen LogP contribution in [0.2, 0.25) is 0 Å². The van der Waals surface area contributed by atoms with E-state index in [1.807, 2.05) is 19.0 Å². The fourth-order valence-corrected chi connectivity index (χ4v) is 6.31. The van der Waals surface area contributed by atoms with Crippen molar-refractivity contribution in [3.8, 4) is 16.5 Å². The zero-order valence-electron chi connectivity index (χ0n) is 26.2. The summed E-state index contributed by atoms with van der Waals surface area (Å²) < 4.78 is 40.3. The molecule has 12 nitrogen and oxygen atoms in total. The number of rotatable bonds is 8. The van der Waals surface area contributed by atoms with Crippen molar-refractivity contribution in [2.45, 2.75) is 52.0 Å². The van der Waals surface area contributed by atoms with Crippen molar-refractivity contribution in [1.29, 1.82) is 0 Å². The zero-order valence-corrected chi connectivity index (χ0v) is 27.0. The second-order valence-corrected chi connectivity index (χ2v) is 12.8. The number of carbonyl (C=O) groups is 1. The number of nitrogens with zero attached hydrogens (tertiary/aromatic N) is 6. The van der Waals surface area contributed by atoms with Crippen LogP contribution in [0, 0.1) is 11.6 Å². The predicted molar refractivity (Wildman–Crippen MR) is 169 cm³/mol. The maximum absolute atomic E-state index is 14.9. The average Bonchev–Trinajstić information content (AvgIpc) is 3.35. The molecule has 15 heteroatoms. The predicted octanol–water partition coefficient (Wildman–Crippen LogP) is 5.09. The molecule has 1 aliphatic heterocycles. The Morgan fingerprint density at radius 1 is 1.07 bits per heavy atom. The fraction of sp³-hybridized carbons (Fsp3) is 0.355. The van der Waals surface area contributed by atoms with E-state index in [-0.39, 0.29) is 23.8 Å². The van der Waals surface area contributed by atoms with Crippen molar-refractivity contribution in [1.82, 2.24) is 20.1 Å². The Hall–Kier alpha value is -4.44. The Kier molecular flexibility index (Phi) is 9.39. The highest BCUT2D eigenvalue weighted by Crippen LogP contribution is 2.50. The third-order valence-corrected chi connectivity index (χ3v) is 8.25. The molecule has 2 atom stereocenters. The van der Waals surface area contributed by atoms with E-state index < -0.39 is 35.9 Å². The molecule has 244 valence electrons. The van der Waals surface area contributed by atoms with Crippen molar-refractivity contribution < 1.29 is 33.3 Å². The number of anilines is 3. The maximum Gasteiger partial charge on any atom is 0.412 e. The smallest absolute Gasteiger partial charge is 0.412 e. The maximum atomic E-state index is 14.9. The summed E-state index contributed by atoms with van der Waals surface area (Å²) in [4.78, 5) is 22.0. The minimum atomic E-state index is -1.60. The lowest BCUT2D eigenvalue weighted by Gasteiger charge is -2.44. The number of hydrogen-bond acceptors (Lipinski definition) is 12. The second-order valence-electron chi connectivity index (χ2n) is 11.8. The van der Waals surface area contributed by atoms with Crippen molar-refractivity contribution in [3.63, 3.8) is 0 Å². The topological polar surface area (TPSA) is 136 Å². The molecule has 5 rings (SSSR count). The molecule has 0 spiro atoms. The van der Waals surface area contributed by atoms with Gasteiger partial charge >= 0.3 is 6.09 Å². The van der Waals surface area contributed by atoms with Crippen LogP contribution in [0.4, 0.5) is 30.1 Å². The first kappa shape index (κ1) is 32.9. The van der Waals surface area contributed by atoms with E-state index in [4.69, 9.17) is 9.47 Å². The van der Waals surface area contributed by atoms with Gasteiger partial charge < -0.3 is 29.5 Å². The standard InChI is InChI=1S/C31H35F2N7O5S/c1-31(2,3)45-29(42)35-17-10-11-22(34-14-17)26-19(15-38(4)5)25-27(41)40(23-12-13-24(44-6)37-36-23)30(43)39(28(25)46-26)16-18-20(32)8-7-9-21(18)33/h7-14,27,30,41,43H,15-16H2,1-6H3,(H,35,42). The first-order valence-corrected chi connectivity index (χ1v) is 15.1. The highest BCUT2D eigenvalue weighted by atomic mass is 32.1. The molecule has 1 aliphatic rings. The van der Waals surface area contributed by atoms with Gasteiger partial charge in [0.25, 0.3) is 0 Å². The van der Waals surface area contributed by atoms with Gasteiger partial charge in [0.1, 0.15) is 22.2 Å². The number of thiophene rings is 1. The van der Waals surface area contributed by atoms with Crippen molar-refractivity contribution in [3.05, 3.63) is 77.0 Å². The summed E-state index contributed by atoms with van der Waals surface area (Å²) in [5.74, 6) is -1.24. The number of methoxy groups -OCH3 is 1. The minimum Gasteiger partial charge on any atom is -0.480 e. The molecule has 3 N–H and O–H groups in total. The molecule has 0 aliphatic carbocycles. The molecule has 0 fully saturated rings. The largest absolute Gasteiger partial charge is 0.480 e. The Balaban J connectivity index is 1.62. The highest BCUT2D eigenvalue weighted by molar-refractivity contribution is 7.19. The summed E-state index contributed by atoms with van der Waals surface area (Å²) in [7, 11) is 5.15. The van der Waals surface area contributed by atoms with Gasteiger partial charge in [0.05, 0.1) is 36.1 Å².